The van der Waals surface area contributed by atoms with Crippen LogP contribution in [-0.4, -0.2) is 61.7 Å². The molecule has 10 heteroatoms. The van der Waals surface area contributed by atoms with Gasteiger partial charge in [0.2, 0.25) is 5.95 Å². The zero-order valence-electron chi connectivity index (χ0n) is 11.1. The Morgan fingerprint density at radius 3 is 1.86 bits per heavy atom. The highest BCUT2D eigenvalue weighted by Crippen LogP contribution is 2.23. The van der Waals surface area contributed by atoms with Crippen LogP contribution in [0.3, 0.4) is 0 Å². The van der Waals surface area contributed by atoms with Gasteiger partial charge in [-0.1, -0.05) is 23.5 Å². The van der Waals surface area contributed by atoms with Crippen molar-refractivity contribution >= 4 is 41.4 Å². The van der Waals surface area contributed by atoms with Crippen LogP contribution >= 0.6 is 23.5 Å². The fraction of sp³-hybridized carbons (Fsp3) is 0.545. The molecule has 8 nitrogen and oxygen atoms in total. The molecule has 0 aliphatic carbocycles. The Hall–Kier alpha value is -1.55. The van der Waals surface area contributed by atoms with E-state index in [0.717, 1.165) is 49.5 Å². The average Bonchev–Trinajstić information content (AvgIpc) is 2.97. The van der Waals surface area contributed by atoms with Crippen LogP contribution in [0.5, 0.6) is 0 Å². The SMILES string of the molecule is O=C(O)CSc1nc(SCC(=O)O)nc(N2CCCC2)n1. The lowest BCUT2D eigenvalue weighted by atomic mass is 10.4. The van der Waals surface area contributed by atoms with Crippen molar-refractivity contribution in [1.29, 1.82) is 0 Å². The molecule has 0 radical (unpaired) electrons. The molecule has 0 bridgehead atoms. The van der Waals surface area contributed by atoms with Gasteiger partial charge in [0.15, 0.2) is 10.3 Å². The summed E-state index contributed by atoms with van der Waals surface area (Å²) in [5.41, 5.74) is 0. The van der Waals surface area contributed by atoms with Crippen LogP contribution in [0.15, 0.2) is 10.3 Å². The molecular formula is C11H14N4O4S2. The molecule has 1 aliphatic rings. The summed E-state index contributed by atoms with van der Waals surface area (Å²) in [7, 11) is 0. The largest absolute Gasteiger partial charge is 0.481 e. The number of carbonyl (C=O) groups is 2. The molecule has 2 heterocycles. The number of aromatic nitrogens is 3. The fourth-order valence-corrected chi connectivity index (χ4v) is 2.93. The van der Waals surface area contributed by atoms with Gasteiger partial charge in [0.1, 0.15) is 0 Å². The van der Waals surface area contributed by atoms with Gasteiger partial charge >= 0.3 is 11.9 Å². The molecule has 1 saturated heterocycles. The van der Waals surface area contributed by atoms with Gasteiger partial charge in [0, 0.05) is 13.1 Å². The van der Waals surface area contributed by atoms with Crippen molar-refractivity contribution in [3.8, 4) is 0 Å². The van der Waals surface area contributed by atoms with Gasteiger partial charge < -0.3 is 15.1 Å². The van der Waals surface area contributed by atoms with E-state index in [-0.39, 0.29) is 11.5 Å². The molecule has 0 saturated carbocycles. The van der Waals surface area contributed by atoms with Gasteiger partial charge in [-0.15, -0.1) is 0 Å². The monoisotopic (exact) mass is 330 g/mol. The van der Waals surface area contributed by atoms with Crippen molar-refractivity contribution in [3.63, 3.8) is 0 Å². The molecule has 114 valence electrons. The second-order valence-electron chi connectivity index (χ2n) is 4.26. The maximum absolute atomic E-state index is 10.6. The van der Waals surface area contributed by atoms with E-state index in [1.807, 2.05) is 4.90 Å². The highest BCUT2D eigenvalue weighted by atomic mass is 32.2. The van der Waals surface area contributed by atoms with Crippen molar-refractivity contribution in [1.82, 2.24) is 15.0 Å². The van der Waals surface area contributed by atoms with Crippen molar-refractivity contribution < 1.29 is 19.8 Å². The third-order valence-electron chi connectivity index (χ3n) is 2.62. The van der Waals surface area contributed by atoms with E-state index >= 15 is 0 Å². The highest BCUT2D eigenvalue weighted by molar-refractivity contribution is 8.00. The second-order valence-corrected chi connectivity index (χ2v) is 6.14. The van der Waals surface area contributed by atoms with Gasteiger partial charge in [-0.25, -0.2) is 0 Å². The number of thioether (sulfide) groups is 2. The number of nitrogens with zero attached hydrogens (tertiary/aromatic N) is 4. The van der Waals surface area contributed by atoms with E-state index in [9.17, 15) is 9.59 Å². The van der Waals surface area contributed by atoms with Gasteiger partial charge in [-0.05, 0) is 12.8 Å². The smallest absolute Gasteiger partial charge is 0.313 e. The lowest BCUT2D eigenvalue weighted by Crippen LogP contribution is -2.21. The molecule has 0 amide bonds. The molecule has 0 atom stereocenters. The van der Waals surface area contributed by atoms with E-state index in [1.54, 1.807) is 0 Å². The summed E-state index contributed by atoms with van der Waals surface area (Å²) in [4.78, 5) is 35.9. The van der Waals surface area contributed by atoms with E-state index in [1.165, 1.54) is 0 Å². The lowest BCUT2D eigenvalue weighted by molar-refractivity contribution is -0.134. The highest BCUT2D eigenvalue weighted by Gasteiger charge is 2.18. The molecular weight excluding hydrogens is 316 g/mol. The van der Waals surface area contributed by atoms with Crippen LogP contribution in [0, 0.1) is 0 Å². The van der Waals surface area contributed by atoms with Crippen molar-refractivity contribution in [2.75, 3.05) is 29.5 Å². The molecule has 1 aromatic rings. The number of rotatable bonds is 7. The van der Waals surface area contributed by atoms with E-state index in [0.29, 0.717) is 16.3 Å². The lowest BCUT2D eigenvalue weighted by Gasteiger charge is -2.15. The number of aliphatic carboxylic acids is 2. The fourth-order valence-electron chi connectivity index (χ4n) is 1.77. The van der Waals surface area contributed by atoms with Crippen molar-refractivity contribution in [2.45, 2.75) is 23.2 Å². The average molecular weight is 330 g/mol. The molecule has 21 heavy (non-hydrogen) atoms. The maximum atomic E-state index is 10.6. The van der Waals surface area contributed by atoms with Crippen LogP contribution in [0.1, 0.15) is 12.8 Å². The van der Waals surface area contributed by atoms with Crippen molar-refractivity contribution in [3.05, 3.63) is 0 Å². The van der Waals surface area contributed by atoms with Gasteiger partial charge in [0.25, 0.3) is 0 Å². The quantitative estimate of drug-likeness (QED) is 0.696. The second kappa shape index (κ2) is 7.46. The van der Waals surface area contributed by atoms with Crippen LogP contribution < -0.4 is 4.90 Å². The number of anilines is 1. The van der Waals surface area contributed by atoms with Crippen LogP contribution in [0.25, 0.3) is 0 Å². The van der Waals surface area contributed by atoms with Crippen LogP contribution in [0.2, 0.25) is 0 Å². The van der Waals surface area contributed by atoms with E-state index < -0.39 is 11.9 Å². The van der Waals surface area contributed by atoms with Crippen LogP contribution in [-0.2, 0) is 9.59 Å². The van der Waals surface area contributed by atoms with E-state index in [4.69, 9.17) is 10.2 Å². The molecule has 2 N–H and O–H groups in total. The van der Waals surface area contributed by atoms with Gasteiger partial charge in [-0.3, -0.25) is 9.59 Å². The topological polar surface area (TPSA) is 117 Å². The summed E-state index contributed by atoms with van der Waals surface area (Å²) in [6, 6.07) is 0. The summed E-state index contributed by atoms with van der Waals surface area (Å²) in [5, 5.41) is 18.0. The zero-order chi connectivity index (χ0) is 15.2. The summed E-state index contributed by atoms with van der Waals surface area (Å²) in [6.45, 7) is 1.69. The Morgan fingerprint density at radius 1 is 0.952 bits per heavy atom. The van der Waals surface area contributed by atoms with Crippen molar-refractivity contribution in [2.24, 2.45) is 0 Å². The Balaban J connectivity index is 2.17. The minimum atomic E-state index is -0.956. The molecule has 1 fully saturated rings. The number of carboxylic acid groups (broad SMARTS) is 2. The Morgan fingerprint density at radius 2 is 1.43 bits per heavy atom. The molecule has 2 rings (SSSR count). The Labute approximate surface area is 129 Å². The number of hydrogen-bond acceptors (Lipinski definition) is 8. The summed E-state index contributed by atoms with van der Waals surface area (Å²) >= 11 is 2.00. The van der Waals surface area contributed by atoms with E-state index in [2.05, 4.69) is 15.0 Å². The maximum Gasteiger partial charge on any atom is 0.313 e. The minimum absolute atomic E-state index is 0.146. The summed E-state index contributed by atoms with van der Waals surface area (Å²) in [6.07, 6.45) is 2.11. The minimum Gasteiger partial charge on any atom is -0.481 e. The van der Waals surface area contributed by atoms with Crippen LogP contribution in [0.4, 0.5) is 5.95 Å². The molecule has 0 aromatic carbocycles. The normalized spacial score (nSPS) is 14.4. The molecule has 0 unspecified atom stereocenters. The first kappa shape index (κ1) is 15.8. The number of carboxylic acids is 2. The molecule has 1 aromatic heterocycles. The number of hydrogen-bond donors (Lipinski definition) is 2. The Bertz CT molecular complexity index is 501. The first-order chi connectivity index (χ1) is 10.0. The standard InChI is InChI=1S/C11H14N4O4S2/c16-7(17)5-20-10-12-9(15-3-1-2-4-15)13-11(14-10)21-6-8(18)19/h1-6H2,(H,16,17)(H,18,19). The first-order valence-corrected chi connectivity index (χ1v) is 8.22. The Kier molecular flexibility index (Phi) is 5.62. The first-order valence-electron chi connectivity index (χ1n) is 6.25. The third-order valence-corrected chi connectivity index (χ3v) is 4.29. The third kappa shape index (κ3) is 5.05. The zero-order valence-corrected chi connectivity index (χ0v) is 12.7. The predicted molar refractivity (Wildman–Crippen MR) is 78.0 cm³/mol. The molecule has 0 spiro atoms. The predicted octanol–water partition coefficient (Wildman–Crippen LogP) is 0.825. The van der Waals surface area contributed by atoms with Gasteiger partial charge in [0.05, 0.1) is 11.5 Å². The summed E-state index contributed by atoms with van der Waals surface area (Å²) < 4.78 is 0. The summed E-state index contributed by atoms with van der Waals surface area (Å²) in [5.74, 6) is -1.71. The molecule has 1 aliphatic heterocycles. The van der Waals surface area contributed by atoms with Gasteiger partial charge in [-0.2, -0.15) is 15.0 Å².